The molecule has 0 radical (unpaired) electrons. The maximum absolute atomic E-state index is 12.9. The first-order chi connectivity index (χ1) is 19.5. The van der Waals surface area contributed by atoms with E-state index in [0.29, 0.717) is 45.1 Å². The first-order valence-corrected chi connectivity index (χ1v) is 14.0. The minimum atomic E-state index is -4.35. The van der Waals surface area contributed by atoms with Crippen molar-refractivity contribution in [1.82, 2.24) is 9.97 Å². The molecule has 1 aromatic heterocycles. The molecule has 0 unspecified atom stereocenters. The number of ether oxygens (including phenoxy) is 1. The average molecular weight is 598 g/mol. The summed E-state index contributed by atoms with van der Waals surface area (Å²) in [4.78, 5) is 15.3. The Kier molecular flexibility index (Phi) is 8.44. The Hall–Kier alpha value is -3.35. The van der Waals surface area contributed by atoms with Gasteiger partial charge in [-0.05, 0) is 67.2 Å². The molecule has 0 amide bonds. The van der Waals surface area contributed by atoms with Crippen molar-refractivity contribution < 1.29 is 31.1 Å². The van der Waals surface area contributed by atoms with Gasteiger partial charge in [0.05, 0.1) is 11.1 Å². The van der Waals surface area contributed by atoms with Crippen LogP contribution in [0.5, 0.6) is 5.88 Å². The number of hydrogen-bond acceptors (Lipinski definition) is 7. The molecule has 6 nitrogen and oxygen atoms in total. The van der Waals surface area contributed by atoms with Crippen molar-refractivity contribution >= 4 is 29.0 Å². The third kappa shape index (κ3) is 7.30. The molecule has 0 atom stereocenters. The number of rotatable bonds is 6. The zero-order chi connectivity index (χ0) is 29.2. The van der Waals surface area contributed by atoms with E-state index in [4.69, 9.17) is 4.74 Å². The number of aromatic nitrogens is 2. The number of benzene rings is 2. The maximum atomic E-state index is 12.9. The van der Waals surface area contributed by atoms with E-state index in [-0.39, 0.29) is 22.8 Å². The molecule has 0 aliphatic carbocycles. The lowest BCUT2D eigenvalue weighted by molar-refractivity contribution is -0.137. The topological polar surface area (TPSA) is 44.7 Å². The summed E-state index contributed by atoms with van der Waals surface area (Å²) < 4.78 is 82.7. The third-order valence-electron chi connectivity index (χ3n) is 7.31. The van der Waals surface area contributed by atoms with E-state index >= 15 is 0 Å². The monoisotopic (exact) mass is 597 g/mol. The second kappa shape index (κ2) is 11.9. The summed E-state index contributed by atoms with van der Waals surface area (Å²) in [6.07, 6.45) is -1.45. The number of piperidine rings is 1. The van der Waals surface area contributed by atoms with Crippen LogP contribution < -0.4 is 19.4 Å². The van der Waals surface area contributed by atoms with Crippen LogP contribution in [0.2, 0.25) is 0 Å². The molecule has 2 aromatic carbocycles. The van der Waals surface area contributed by atoms with Gasteiger partial charge in [0.25, 0.3) is 0 Å². The molecule has 0 saturated carbocycles. The lowest BCUT2D eigenvalue weighted by Crippen LogP contribution is -2.47. The van der Waals surface area contributed by atoms with E-state index in [1.54, 1.807) is 12.1 Å². The van der Waals surface area contributed by atoms with E-state index in [1.165, 1.54) is 30.6 Å². The van der Waals surface area contributed by atoms with Crippen LogP contribution >= 0.6 is 11.8 Å². The Bertz CT molecular complexity index is 1300. The van der Waals surface area contributed by atoms with Gasteiger partial charge in [-0.15, -0.1) is 0 Å². The van der Waals surface area contributed by atoms with Crippen molar-refractivity contribution in [2.45, 2.75) is 42.4 Å². The highest BCUT2D eigenvalue weighted by atomic mass is 32.2. The van der Waals surface area contributed by atoms with Gasteiger partial charge in [0.2, 0.25) is 5.88 Å². The molecule has 2 aliphatic rings. The molecule has 2 saturated heterocycles. The summed E-state index contributed by atoms with van der Waals surface area (Å²) in [6, 6.07) is 11.6. The summed E-state index contributed by atoms with van der Waals surface area (Å²) in [5.74, 6) is 1.29. The fourth-order valence-corrected chi connectivity index (χ4v) is 5.69. The van der Waals surface area contributed by atoms with Crippen molar-refractivity contribution in [3.8, 4) is 5.88 Å². The Morgan fingerprint density at radius 3 is 1.83 bits per heavy atom. The molecule has 41 heavy (non-hydrogen) atoms. The number of alkyl halides is 6. The molecule has 220 valence electrons. The lowest BCUT2D eigenvalue weighted by Gasteiger charge is -2.37. The first kappa shape index (κ1) is 29.2. The smallest absolute Gasteiger partial charge is 0.446 e. The molecule has 2 fully saturated rings. The molecular formula is C28H29F6N5OS. The van der Waals surface area contributed by atoms with Crippen LogP contribution in [0.1, 0.15) is 24.0 Å². The van der Waals surface area contributed by atoms with Gasteiger partial charge in [-0.25, -0.2) is 9.97 Å². The van der Waals surface area contributed by atoms with Gasteiger partial charge in [0.15, 0.2) is 0 Å². The van der Waals surface area contributed by atoms with Crippen molar-refractivity contribution in [1.29, 1.82) is 0 Å². The minimum Gasteiger partial charge on any atom is -0.474 e. The van der Waals surface area contributed by atoms with Crippen LogP contribution in [0, 0.1) is 6.92 Å². The van der Waals surface area contributed by atoms with Crippen LogP contribution in [-0.2, 0) is 6.18 Å². The second-order valence-corrected chi connectivity index (χ2v) is 11.1. The largest absolute Gasteiger partial charge is 0.474 e. The van der Waals surface area contributed by atoms with Crippen LogP contribution in [0.25, 0.3) is 0 Å². The quantitative estimate of drug-likeness (QED) is 0.229. The normalized spacial score (nSPS) is 17.2. The van der Waals surface area contributed by atoms with Crippen molar-refractivity contribution in [3.63, 3.8) is 0 Å². The van der Waals surface area contributed by atoms with E-state index in [2.05, 4.69) is 24.7 Å². The summed E-state index contributed by atoms with van der Waals surface area (Å²) in [7, 11) is 0. The third-order valence-corrected chi connectivity index (χ3v) is 8.05. The van der Waals surface area contributed by atoms with Gasteiger partial charge in [-0.3, -0.25) is 0 Å². The molecule has 3 aromatic rings. The Morgan fingerprint density at radius 1 is 0.732 bits per heavy atom. The summed E-state index contributed by atoms with van der Waals surface area (Å²) in [6.45, 7) is 5.91. The standard InChI is InChI=1S/C28H29F6N5OS/c1-19-25(39-16-14-38(15-17-39)21-4-2-20(3-5-21)27(29,30)31)35-18-36-26(19)40-23-10-12-37(13-11-23)22-6-8-24(9-7-22)41-28(32,33)34/h2-9,18,23H,10-17H2,1H3. The molecule has 2 aliphatic heterocycles. The molecular weight excluding hydrogens is 568 g/mol. The van der Waals surface area contributed by atoms with Gasteiger partial charge in [-0.1, -0.05) is 0 Å². The highest BCUT2D eigenvalue weighted by Gasteiger charge is 2.31. The van der Waals surface area contributed by atoms with Crippen LogP contribution in [0.3, 0.4) is 0 Å². The van der Waals surface area contributed by atoms with E-state index in [9.17, 15) is 26.3 Å². The predicted molar refractivity (Wildman–Crippen MR) is 147 cm³/mol. The fraction of sp³-hybridized carbons (Fsp3) is 0.429. The molecule has 0 N–H and O–H groups in total. The van der Waals surface area contributed by atoms with Gasteiger partial charge >= 0.3 is 11.7 Å². The van der Waals surface area contributed by atoms with Crippen molar-refractivity contribution in [2.75, 3.05) is 54.0 Å². The van der Waals surface area contributed by atoms with Crippen molar-refractivity contribution in [2.24, 2.45) is 0 Å². The Morgan fingerprint density at radius 2 is 1.27 bits per heavy atom. The fourth-order valence-electron chi connectivity index (χ4n) is 5.15. The van der Waals surface area contributed by atoms with Crippen LogP contribution in [0.15, 0.2) is 59.8 Å². The predicted octanol–water partition coefficient (Wildman–Crippen LogP) is 6.79. The average Bonchev–Trinajstić information content (AvgIpc) is 2.94. The summed E-state index contributed by atoms with van der Waals surface area (Å²) >= 11 is -0.120. The lowest BCUT2D eigenvalue weighted by atomic mass is 10.1. The molecule has 0 spiro atoms. The number of halogens is 6. The van der Waals surface area contributed by atoms with Gasteiger partial charge in [0.1, 0.15) is 18.2 Å². The number of hydrogen-bond donors (Lipinski definition) is 0. The maximum Gasteiger partial charge on any atom is 0.446 e. The van der Waals surface area contributed by atoms with E-state index < -0.39 is 17.2 Å². The van der Waals surface area contributed by atoms with Gasteiger partial charge in [0, 0.05) is 68.4 Å². The summed E-state index contributed by atoms with van der Waals surface area (Å²) in [5.41, 5.74) is -2.50. The molecule has 0 bridgehead atoms. The first-order valence-electron chi connectivity index (χ1n) is 13.2. The Labute approximate surface area is 238 Å². The number of piperazine rings is 1. The number of anilines is 3. The van der Waals surface area contributed by atoms with E-state index in [0.717, 1.165) is 47.7 Å². The summed E-state index contributed by atoms with van der Waals surface area (Å²) in [5, 5.41) is 0. The van der Waals surface area contributed by atoms with E-state index in [1.807, 2.05) is 6.92 Å². The number of nitrogens with zero attached hydrogens (tertiary/aromatic N) is 5. The van der Waals surface area contributed by atoms with Gasteiger partial charge < -0.3 is 19.4 Å². The van der Waals surface area contributed by atoms with Gasteiger partial charge in [-0.2, -0.15) is 26.3 Å². The SMILES string of the molecule is Cc1c(OC2CCN(c3ccc(SC(F)(F)F)cc3)CC2)ncnc1N1CCN(c2ccc(C(F)(F)F)cc2)CC1. The Balaban J connectivity index is 1.14. The van der Waals surface area contributed by atoms with Crippen molar-refractivity contribution in [3.05, 3.63) is 66.0 Å². The van der Waals surface area contributed by atoms with Crippen LogP contribution in [0.4, 0.5) is 43.5 Å². The zero-order valence-corrected chi connectivity index (χ0v) is 23.1. The molecule has 3 heterocycles. The number of thioether (sulfide) groups is 1. The highest BCUT2D eigenvalue weighted by molar-refractivity contribution is 8.00. The highest BCUT2D eigenvalue weighted by Crippen LogP contribution is 2.38. The molecule has 5 rings (SSSR count). The molecule has 13 heteroatoms. The zero-order valence-electron chi connectivity index (χ0n) is 22.3. The second-order valence-electron chi connectivity index (χ2n) is 9.99. The minimum absolute atomic E-state index is 0.0516. The van der Waals surface area contributed by atoms with Crippen LogP contribution in [-0.4, -0.2) is 60.8 Å².